The van der Waals surface area contributed by atoms with Crippen LogP contribution in [0.1, 0.15) is 13.8 Å². The van der Waals surface area contributed by atoms with Crippen molar-refractivity contribution >= 4 is 23.0 Å². The fourth-order valence-electron chi connectivity index (χ4n) is 1.65. The van der Waals surface area contributed by atoms with Gasteiger partial charge in [0.25, 0.3) is 5.69 Å². The summed E-state index contributed by atoms with van der Waals surface area (Å²) in [6, 6.07) is 4.46. The number of rotatable bonds is 5. The van der Waals surface area contributed by atoms with Crippen LogP contribution in [0.4, 0.5) is 11.4 Å². The van der Waals surface area contributed by atoms with E-state index in [1.54, 1.807) is 11.0 Å². The van der Waals surface area contributed by atoms with E-state index in [1.165, 1.54) is 12.1 Å². The van der Waals surface area contributed by atoms with Crippen molar-refractivity contribution < 1.29 is 10.0 Å². The third kappa shape index (κ3) is 3.31. The first-order chi connectivity index (χ1) is 7.97. The third-order valence-electron chi connectivity index (χ3n) is 2.41. The Morgan fingerprint density at radius 2 is 2.18 bits per heavy atom. The average molecular weight is 259 g/mol. The van der Waals surface area contributed by atoms with Gasteiger partial charge in [0.15, 0.2) is 0 Å². The zero-order valence-electron chi connectivity index (χ0n) is 9.76. The van der Waals surface area contributed by atoms with Crippen LogP contribution in [0.25, 0.3) is 0 Å². The van der Waals surface area contributed by atoms with Crippen LogP contribution >= 0.6 is 11.6 Å². The van der Waals surface area contributed by atoms with Crippen molar-refractivity contribution in [1.82, 2.24) is 0 Å². The lowest BCUT2D eigenvalue weighted by atomic mass is 10.2. The van der Waals surface area contributed by atoms with Gasteiger partial charge in [-0.2, -0.15) is 0 Å². The lowest BCUT2D eigenvalue weighted by Gasteiger charge is -2.27. The molecule has 0 bridgehead atoms. The van der Waals surface area contributed by atoms with Crippen LogP contribution in [-0.2, 0) is 0 Å². The van der Waals surface area contributed by atoms with Crippen molar-refractivity contribution in [3.63, 3.8) is 0 Å². The number of nitro groups is 1. The van der Waals surface area contributed by atoms with E-state index in [9.17, 15) is 10.1 Å². The first-order valence-corrected chi connectivity index (χ1v) is 5.66. The Labute approximate surface area is 105 Å². The molecule has 1 rings (SSSR count). The Morgan fingerprint density at radius 1 is 1.53 bits per heavy atom. The number of aliphatic hydroxyl groups excluding tert-OH is 1. The van der Waals surface area contributed by atoms with Gasteiger partial charge in [-0.25, -0.2) is 0 Å². The number of hydrogen-bond donors (Lipinski definition) is 1. The minimum atomic E-state index is -0.446. The second kappa shape index (κ2) is 5.84. The van der Waals surface area contributed by atoms with Gasteiger partial charge in [0.1, 0.15) is 5.69 Å². The molecule has 1 N–H and O–H groups in total. The summed E-state index contributed by atoms with van der Waals surface area (Å²) in [7, 11) is 0. The Hall–Kier alpha value is -1.33. The van der Waals surface area contributed by atoms with E-state index in [0.717, 1.165) is 0 Å². The van der Waals surface area contributed by atoms with E-state index in [0.29, 0.717) is 17.3 Å². The largest absolute Gasteiger partial charge is 0.395 e. The lowest BCUT2D eigenvalue weighted by Crippen LogP contribution is -2.33. The molecule has 0 aliphatic rings. The van der Waals surface area contributed by atoms with Crippen LogP contribution in [0.5, 0.6) is 0 Å². The van der Waals surface area contributed by atoms with E-state index in [1.807, 2.05) is 13.8 Å². The summed E-state index contributed by atoms with van der Waals surface area (Å²) in [5.41, 5.74) is 0.433. The van der Waals surface area contributed by atoms with Gasteiger partial charge >= 0.3 is 0 Å². The predicted molar refractivity (Wildman–Crippen MR) is 67.7 cm³/mol. The molecule has 0 amide bonds. The SMILES string of the molecule is CC(C)N(CCO)c1cc(Cl)ccc1[N+](=O)[O-]. The summed E-state index contributed by atoms with van der Waals surface area (Å²) < 4.78 is 0. The third-order valence-corrected chi connectivity index (χ3v) is 2.64. The van der Waals surface area contributed by atoms with Gasteiger partial charge in [0.05, 0.1) is 11.5 Å². The molecule has 0 saturated heterocycles. The minimum Gasteiger partial charge on any atom is -0.395 e. The summed E-state index contributed by atoms with van der Waals surface area (Å²) in [5.74, 6) is 0. The van der Waals surface area contributed by atoms with Gasteiger partial charge in [0.2, 0.25) is 0 Å². The highest BCUT2D eigenvalue weighted by Gasteiger charge is 2.21. The monoisotopic (exact) mass is 258 g/mol. The number of hydrogen-bond acceptors (Lipinski definition) is 4. The van der Waals surface area contributed by atoms with Gasteiger partial charge in [-0.15, -0.1) is 0 Å². The maximum absolute atomic E-state index is 10.9. The highest BCUT2D eigenvalue weighted by atomic mass is 35.5. The van der Waals surface area contributed by atoms with E-state index < -0.39 is 4.92 Å². The van der Waals surface area contributed by atoms with Crippen LogP contribution < -0.4 is 4.90 Å². The van der Waals surface area contributed by atoms with E-state index in [2.05, 4.69) is 0 Å². The highest BCUT2D eigenvalue weighted by molar-refractivity contribution is 6.31. The molecule has 0 fully saturated rings. The summed E-state index contributed by atoms with van der Waals surface area (Å²) in [6.07, 6.45) is 0. The smallest absolute Gasteiger partial charge is 0.292 e. The molecule has 94 valence electrons. The fraction of sp³-hybridized carbons (Fsp3) is 0.455. The summed E-state index contributed by atoms with van der Waals surface area (Å²) in [5, 5.41) is 20.4. The predicted octanol–water partition coefficient (Wildman–Crippen LogP) is 2.46. The van der Waals surface area contributed by atoms with Gasteiger partial charge in [-0.1, -0.05) is 11.6 Å². The second-order valence-corrected chi connectivity index (χ2v) is 4.34. The molecule has 0 aromatic heterocycles. The number of aliphatic hydroxyl groups is 1. The maximum atomic E-state index is 10.9. The number of anilines is 1. The molecular formula is C11H15ClN2O3. The van der Waals surface area contributed by atoms with Crippen molar-refractivity contribution in [1.29, 1.82) is 0 Å². The molecule has 1 aromatic carbocycles. The van der Waals surface area contributed by atoms with Gasteiger partial charge in [-0.3, -0.25) is 10.1 Å². The number of nitro benzene ring substituents is 1. The van der Waals surface area contributed by atoms with Crippen molar-refractivity contribution in [2.24, 2.45) is 0 Å². The van der Waals surface area contributed by atoms with Crippen molar-refractivity contribution in [2.45, 2.75) is 19.9 Å². The average Bonchev–Trinajstić information content (AvgIpc) is 2.24. The Balaban J connectivity index is 3.24. The molecule has 0 saturated carbocycles. The van der Waals surface area contributed by atoms with Crippen LogP contribution in [0, 0.1) is 10.1 Å². The molecule has 0 unspecified atom stereocenters. The Bertz CT molecular complexity index is 410. The van der Waals surface area contributed by atoms with Crippen molar-refractivity contribution in [2.75, 3.05) is 18.1 Å². The summed E-state index contributed by atoms with van der Waals surface area (Å²) >= 11 is 5.86. The molecule has 0 aliphatic heterocycles. The molecule has 0 heterocycles. The minimum absolute atomic E-state index is 0.00319. The van der Waals surface area contributed by atoms with Crippen molar-refractivity contribution in [3.05, 3.63) is 33.3 Å². The number of halogens is 1. The fourth-order valence-corrected chi connectivity index (χ4v) is 1.81. The van der Waals surface area contributed by atoms with Gasteiger partial charge in [0, 0.05) is 23.7 Å². The highest BCUT2D eigenvalue weighted by Crippen LogP contribution is 2.32. The number of benzene rings is 1. The van der Waals surface area contributed by atoms with Crippen LogP contribution in [0.3, 0.4) is 0 Å². The molecule has 0 radical (unpaired) electrons. The van der Waals surface area contributed by atoms with Crippen LogP contribution in [0.2, 0.25) is 5.02 Å². The standard InChI is InChI=1S/C11H15ClN2O3/c1-8(2)13(5-6-15)11-7-9(12)3-4-10(11)14(16)17/h3-4,7-8,15H,5-6H2,1-2H3. The molecule has 0 atom stereocenters. The zero-order valence-corrected chi connectivity index (χ0v) is 10.5. The van der Waals surface area contributed by atoms with Gasteiger partial charge in [-0.05, 0) is 26.0 Å². The quantitative estimate of drug-likeness (QED) is 0.651. The molecule has 1 aromatic rings. The van der Waals surface area contributed by atoms with E-state index >= 15 is 0 Å². The van der Waals surface area contributed by atoms with Gasteiger partial charge < -0.3 is 10.0 Å². The molecule has 0 aliphatic carbocycles. The second-order valence-electron chi connectivity index (χ2n) is 3.90. The Morgan fingerprint density at radius 3 is 2.65 bits per heavy atom. The lowest BCUT2D eigenvalue weighted by molar-refractivity contribution is -0.384. The van der Waals surface area contributed by atoms with Crippen LogP contribution in [-0.4, -0.2) is 29.2 Å². The van der Waals surface area contributed by atoms with E-state index in [-0.39, 0.29) is 18.3 Å². The molecular weight excluding hydrogens is 244 g/mol. The number of nitrogens with zero attached hydrogens (tertiary/aromatic N) is 2. The normalized spacial score (nSPS) is 10.6. The molecule has 6 heteroatoms. The van der Waals surface area contributed by atoms with E-state index in [4.69, 9.17) is 16.7 Å². The summed E-state index contributed by atoms with van der Waals surface area (Å²) in [6.45, 7) is 4.07. The maximum Gasteiger partial charge on any atom is 0.292 e. The van der Waals surface area contributed by atoms with Crippen LogP contribution in [0.15, 0.2) is 18.2 Å². The zero-order chi connectivity index (χ0) is 13.0. The molecule has 17 heavy (non-hydrogen) atoms. The Kier molecular flexibility index (Phi) is 4.72. The molecule has 0 spiro atoms. The first-order valence-electron chi connectivity index (χ1n) is 5.28. The van der Waals surface area contributed by atoms with Crippen molar-refractivity contribution in [3.8, 4) is 0 Å². The summed E-state index contributed by atoms with van der Waals surface area (Å²) in [4.78, 5) is 12.2. The topological polar surface area (TPSA) is 66.6 Å². The molecule has 5 nitrogen and oxygen atoms in total. The first kappa shape index (κ1) is 13.7.